The number of anilines is 1. The zero-order valence-electron chi connectivity index (χ0n) is 17.5. The SMILES string of the molecule is COc1cc(/C=N/NC(=O)CNc2n[nH]c(=O)[nH]c2=O)ccc1OCc1ccc(C)cc1. The topological polar surface area (TPSA) is 151 Å². The average molecular weight is 438 g/mol. The quantitative estimate of drug-likeness (QED) is 0.286. The molecule has 0 saturated carbocycles. The van der Waals surface area contributed by atoms with Gasteiger partial charge in [0.2, 0.25) is 5.82 Å². The molecule has 2 aromatic carbocycles. The summed E-state index contributed by atoms with van der Waals surface area (Å²) in [7, 11) is 1.54. The second-order valence-electron chi connectivity index (χ2n) is 6.69. The molecule has 1 amide bonds. The minimum atomic E-state index is -0.739. The number of hydrogen-bond acceptors (Lipinski definition) is 8. The maximum absolute atomic E-state index is 11.9. The number of benzene rings is 2. The van der Waals surface area contributed by atoms with E-state index in [1.54, 1.807) is 18.2 Å². The van der Waals surface area contributed by atoms with Gasteiger partial charge >= 0.3 is 5.69 Å². The third kappa shape index (κ3) is 6.29. The zero-order chi connectivity index (χ0) is 22.9. The Labute approximate surface area is 182 Å². The fraction of sp³-hybridized carbons (Fsp3) is 0.190. The lowest BCUT2D eigenvalue weighted by molar-refractivity contribution is -0.119. The summed E-state index contributed by atoms with van der Waals surface area (Å²) in [6.45, 7) is 2.16. The van der Waals surface area contributed by atoms with Crippen LogP contribution in [0.15, 0.2) is 57.2 Å². The van der Waals surface area contributed by atoms with Gasteiger partial charge in [-0.15, -0.1) is 5.10 Å². The first-order valence-electron chi connectivity index (χ1n) is 9.56. The number of rotatable bonds is 9. The molecule has 1 aromatic heterocycles. The minimum absolute atomic E-state index is 0.185. The summed E-state index contributed by atoms with van der Waals surface area (Å²) >= 11 is 0. The van der Waals surface area contributed by atoms with Crippen LogP contribution < -0.4 is 31.5 Å². The molecule has 0 spiro atoms. The van der Waals surface area contributed by atoms with Crippen molar-refractivity contribution in [3.05, 3.63) is 80.0 Å². The van der Waals surface area contributed by atoms with Crippen molar-refractivity contribution in [1.29, 1.82) is 0 Å². The van der Waals surface area contributed by atoms with E-state index in [1.807, 2.05) is 36.2 Å². The van der Waals surface area contributed by atoms with Gasteiger partial charge in [0.05, 0.1) is 19.9 Å². The van der Waals surface area contributed by atoms with E-state index in [0.717, 1.165) is 5.56 Å². The van der Waals surface area contributed by atoms with Crippen molar-refractivity contribution in [2.24, 2.45) is 5.10 Å². The fourth-order valence-electron chi connectivity index (χ4n) is 2.58. The Hall–Kier alpha value is -4.41. The predicted molar refractivity (Wildman–Crippen MR) is 118 cm³/mol. The smallest absolute Gasteiger partial charge is 0.342 e. The molecule has 0 saturated heterocycles. The number of nitrogens with one attached hydrogen (secondary N) is 4. The van der Waals surface area contributed by atoms with Gasteiger partial charge in [0.1, 0.15) is 6.61 Å². The van der Waals surface area contributed by atoms with Crippen molar-refractivity contribution in [3.63, 3.8) is 0 Å². The monoisotopic (exact) mass is 438 g/mol. The summed E-state index contributed by atoms with van der Waals surface area (Å²) in [4.78, 5) is 36.3. The van der Waals surface area contributed by atoms with E-state index < -0.39 is 17.2 Å². The van der Waals surface area contributed by atoms with Gasteiger partial charge in [-0.25, -0.2) is 15.3 Å². The third-order valence-corrected chi connectivity index (χ3v) is 4.23. The number of aromatic nitrogens is 3. The van der Waals surface area contributed by atoms with Gasteiger partial charge in [-0.1, -0.05) is 29.8 Å². The van der Waals surface area contributed by atoms with Crippen molar-refractivity contribution in [2.45, 2.75) is 13.5 Å². The number of aromatic amines is 2. The van der Waals surface area contributed by atoms with Crippen LogP contribution in [0.5, 0.6) is 11.5 Å². The van der Waals surface area contributed by atoms with Gasteiger partial charge in [-0.05, 0) is 36.2 Å². The summed E-state index contributed by atoms with van der Waals surface area (Å²) in [5.41, 5.74) is 3.74. The number of amides is 1. The maximum Gasteiger partial charge on any atom is 0.342 e. The third-order valence-electron chi connectivity index (χ3n) is 4.23. The van der Waals surface area contributed by atoms with Crippen LogP contribution in [0.4, 0.5) is 5.82 Å². The van der Waals surface area contributed by atoms with Crippen LogP contribution in [0.1, 0.15) is 16.7 Å². The summed E-state index contributed by atoms with van der Waals surface area (Å²) in [6, 6.07) is 13.3. The molecular weight excluding hydrogens is 416 g/mol. The van der Waals surface area contributed by atoms with Gasteiger partial charge in [-0.2, -0.15) is 5.10 Å². The van der Waals surface area contributed by atoms with Crippen molar-refractivity contribution >= 4 is 17.9 Å². The van der Waals surface area contributed by atoms with E-state index in [4.69, 9.17) is 9.47 Å². The molecule has 166 valence electrons. The van der Waals surface area contributed by atoms with Crippen LogP contribution in [-0.2, 0) is 11.4 Å². The van der Waals surface area contributed by atoms with Crippen molar-refractivity contribution in [2.75, 3.05) is 19.0 Å². The molecule has 0 aliphatic rings. The Morgan fingerprint density at radius 3 is 2.66 bits per heavy atom. The Kier molecular flexibility index (Phi) is 7.36. The summed E-state index contributed by atoms with van der Waals surface area (Å²) in [6.07, 6.45) is 1.44. The summed E-state index contributed by atoms with van der Waals surface area (Å²) in [5.74, 6) is 0.405. The van der Waals surface area contributed by atoms with Crippen LogP contribution >= 0.6 is 0 Å². The standard InChI is InChI=1S/C21H22N6O5/c1-13-3-5-14(6-4-13)12-32-16-8-7-15(9-17(16)31-2)10-23-25-18(28)11-22-19-20(29)24-21(30)27-26-19/h3-10H,11-12H2,1-2H3,(H,22,26)(H,25,28)(H2,24,27,29,30)/b23-10+. The van der Waals surface area contributed by atoms with E-state index in [0.29, 0.717) is 23.7 Å². The largest absolute Gasteiger partial charge is 0.493 e. The average Bonchev–Trinajstić information content (AvgIpc) is 2.78. The second kappa shape index (κ2) is 10.6. The van der Waals surface area contributed by atoms with Crippen LogP contribution in [0, 0.1) is 6.92 Å². The molecule has 0 bridgehead atoms. The van der Waals surface area contributed by atoms with Crippen LogP contribution in [0.25, 0.3) is 0 Å². The predicted octanol–water partition coefficient (Wildman–Crippen LogP) is 0.916. The maximum atomic E-state index is 11.9. The highest BCUT2D eigenvalue weighted by Crippen LogP contribution is 2.28. The van der Waals surface area contributed by atoms with Gasteiger partial charge < -0.3 is 14.8 Å². The molecule has 0 atom stereocenters. The zero-order valence-corrected chi connectivity index (χ0v) is 17.5. The summed E-state index contributed by atoms with van der Waals surface area (Å²) in [5, 5.41) is 11.9. The molecule has 0 aliphatic heterocycles. The second-order valence-corrected chi connectivity index (χ2v) is 6.69. The van der Waals surface area contributed by atoms with Crippen molar-refractivity contribution in [3.8, 4) is 11.5 Å². The molecule has 3 rings (SSSR count). The number of H-pyrrole nitrogens is 2. The highest BCUT2D eigenvalue weighted by Gasteiger charge is 2.07. The Balaban J connectivity index is 1.53. The van der Waals surface area contributed by atoms with Gasteiger partial charge in [-0.3, -0.25) is 14.6 Å². The molecule has 0 unspecified atom stereocenters. The van der Waals surface area contributed by atoms with Crippen LogP contribution in [0.3, 0.4) is 0 Å². The number of aryl methyl sites for hydroxylation is 1. The molecule has 11 heteroatoms. The van der Waals surface area contributed by atoms with Gasteiger partial charge in [0.15, 0.2) is 11.5 Å². The lowest BCUT2D eigenvalue weighted by atomic mass is 10.2. The highest BCUT2D eigenvalue weighted by molar-refractivity contribution is 5.84. The van der Waals surface area contributed by atoms with Crippen LogP contribution in [-0.4, -0.2) is 41.0 Å². The lowest BCUT2D eigenvalue weighted by Crippen LogP contribution is -2.31. The number of carbonyl (C=O) groups excluding carboxylic acids is 1. The number of hydrazone groups is 1. The van der Waals surface area contributed by atoms with Crippen molar-refractivity contribution < 1.29 is 14.3 Å². The fourth-order valence-corrected chi connectivity index (χ4v) is 2.58. The first-order chi connectivity index (χ1) is 15.4. The molecule has 3 aromatic rings. The molecular formula is C21H22N6O5. The van der Waals surface area contributed by atoms with Crippen LogP contribution in [0.2, 0.25) is 0 Å². The Morgan fingerprint density at radius 2 is 1.94 bits per heavy atom. The first kappa shape index (κ1) is 22.3. The minimum Gasteiger partial charge on any atom is -0.493 e. The summed E-state index contributed by atoms with van der Waals surface area (Å²) < 4.78 is 11.2. The normalized spacial score (nSPS) is 10.7. The van der Waals surface area contributed by atoms with E-state index >= 15 is 0 Å². The molecule has 0 fully saturated rings. The van der Waals surface area contributed by atoms with Gasteiger partial charge in [0, 0.05) is 0 Å². The first-order valence-corrected chi connectivity index (χ1v) is 9.56. The molecule has 1 heterocycles. The molecule has 0 radical (unpaired) electrons. The van der Waals surface area contributed by atoms with E-state index in [-0.39, 0.29) is 12.4 Å². The van der Waals surface area contributed by atoms with Gasteiger partial charge in [0.25, 0.3) is 11.5 Å². The number of hydrogen-bond donors (Lipinski definition) is 4. The lowest BCUT2D eigenvalue weighted by Gasteiger charge is -2.11. The Morgan fingerprint density at radius 1 is 1.16 bits per heavy atom. The van der Waals surface area contributed by atoms with E-state index in [1.165, 1.54) is 18.9 Å². The molecule has 11 nitrogen and oxygen atoms in total. The van der Waals surface area contributed by atoms with E-state index in [2.05, 4.69) is 26.0 Å². The molecule has 4 N–H and O–H groups in total. The number of ether oxygens (including phenoxy) is 2. The molecule has 32 heavy (non-hydrogen) atoms. The number of nitrogens with zero attached hydrogens (tertiary/aromatic N) is 2. The van der Waals surface area contributed by atoms with E-state index in [9.17, 15) is 14.4 Å². The Bertz CT molecular complexity index is 1220. The molecule has 0 aliphatic carbocycles. The number of carbonyl (C=O) groups is 1. The van der Waals surface area contributed by atoms with Crippen molar-refractivity contribution in [1.82, 2.24) is 20.6 Å². The highest BCUT2D eigenvalue weighted by atomic mass is 16.5. The number of methoxy groups -OCH3 is 1.